The van der Waals surface area contributed by atoms with Crippen LogP contribution in [0.5, 0.6) is 0 Å². The number of nitrogens with zero attached hydrogens (tertiary/aromatic N) is 2. The molecule has 0 radical (unpaired) electrons. The Bertz CT molecular complexity index is 816. The van der Waals surface area contributed by atoms with Gasteiger partial charge in [-0.1, -0.05) is 18.2 Å². The molecule has 2 aliphatic rings. The molecule has 2 saturated heterocycles. The monoisotopic (exact) mass is 413 g/mol. The predicted octanol–water partition coefficient (Wildman–Crippen LogP) is 2.87. The first-order valence-corrected chi connectivity index (χ1v) is 11.1. The molecule has 4 rings (SSSR count). The molecule has 1 aromatic heterocycles. The number of rotatable bonds is 6. The van der Waals surface area contributed by atoms with Gasteiger partial charge in [0.2, 0.25) is 5.91 Å². The van der Waals surface area contributed by atoms with E-state index in [0.717, 1.165) is 51.4 Å². The number of amides is 2. The quantitative estimate of drug-likeness (QED) is 0.791. The normalized spacial score (nSPS) is 20.0. The maximum absolute atomic E-state index is 12.8. The Hall–Kier alpha value is -2.22. The van der Waals surface area contributed by atoms with Crippen LogP contribution in [0.2, 0.25) is 0 Å². The Morgan fingerprint density at radius 3 is 2.62 bits per heavy atom. The van der Waals surface area contributed by atoms with Crippen LogP contribution >= 0.6 is 11.3 Å². The molecule has 2 fully saturated rings. The van der Waals surface area contributed by atoms with Gasteiger partial charge in [-0.2, -0.15) is 0 Å². The minimum atomic E-state index is -0.398. The lowest BCUT2D eigenvalue weighted by molar-refractivity contribution is -0.119. The van der Waals surface area contributed by atoms with Gasteiger partial charge in [-0.3, -0.25) is 14.5 Å². The summed E-state index contributed by atoms with van der Waals surface area (Å²) in [7, 11) is 0. The Kier molecular flexibility index (Phi) is 6.59. The highest BCUT2D eigenvalue weighted by atomic mass is 32.1. The van der Waals surface area contributed by atoms with Gasteiger partial charge >= 0.3 is 0 Å². The summed E-state index contributed by atoms with van der Waals surface area (Å²) in [5, 5.41) is 4.88. The highest BCUT2D eigenvalue weighted by Gasteiger charge is 2.34. The topological polar surface area (TPSA) is 61.9 Å². The van der Waals surface area contributed by atoms with Crippen LogP contribution in [0.4, 0.5) is 5.69 Å². The first kappa shape index (κ1) is 20.1. The molecule has 2 aromatic rings. The zero-order valence-electron chi connectivity index (χ0n) is 16.5. The number of thiophene rings is 1. The molecule has 1 N–H and O–H groups in total. The van der Waals surface area contributed by atoms with E-state index in [0.29, 0.717) is 17.8 Å². The number of benzene rings is 1. The van der Waals surface area contributed by atoms with Crippen molar-refractivity contribution in [1.82, 2.24) is 9.80 Å². The van der Waals surface area contributed by atoms with Crippen LogP contribution in [-0.4, -0.2) is 67.0 Å². The van der Waals surface area contributed by atoms with E-state index in [1.54, 1.807) is 4.90 Å². The van der Waals surface area contributed by atoms with Gasteiger partial charge in [-0.25, -0.2) is 0 Å². The fourth-order valence-electron chi connectivity index (χ4n) is 3.92. The summed E-state index contributed by atoms with van der Waals surface area (Å²) in [4.78, 5) is 30.3. The molecular weight excluding hydrogens is 386 g/mol. The van der Waals surface area contributed by atoms with Crippen molar-refractivity contribution in [3.63, 3.8) is 0 Å². The molecule has 154 valence electrons. The van der Waals surface area contributed by atoms with E-state index in [1.807, 2.05) is 29.6 Å². The first-order chi connectivity index (χ1) is 14.2. The van der Waals surface area contributed by atoms with Gasteiger partial charge in [0.15, 0.2) is 0 Å². The van der Waals surface area contributed by atoms with E-state index in [9.17, 15) is 9.59 Å². The molecule has 0 bridgehead atoms. The van der Waals surface area contributed by atoms with Gasteiger partial charge in [0.05, 0.1) is 18.1 Å². The van der Waals surface area contributed by atoms with Gasteiger partial charge in [0.1, 0.15) is 6.04 Å². The second-order valence-electron chi connectivity index (χ2n) is 7.52. The van der Waals surface area contributed by atoms with Crippen LogP contribution in [-0.2, 0) is 16.0 Å². The molecule has 0 spiro atoms. The van der Waals surface area contributed by atoms with Gasteiger partial charge < -0.3 is 15.0 Å². The summed E-state index contributed by atoms with van der Waals surface area (Å²) in [6.07, 6.45) is 2.55. The molecule has 2 amide bonds. The maximum Gasteiger partial charge on any atom is 0.264 e. The summed E-state index contributed by atoms with van der Waals surface area (Å²) < 4.78 is 5.38. The minimum Gasteiger partial charge on any atom is -0.379 e. The molecule has 3 heterocycles. The molecule has 7 heteroatoms. The van der Waals surface area contributed by atoms with E-state index in [4.69, 9.17) is 4.74 Å². The highest BCUT2D eigenvalue weighted by Crippen LogP contribution is 2.23. The standard InChI is InChI=1S/C22H27N3O3S/c26-21(19-3-1-10-25(19)22(27)20-4-2-16-29-20)23-18-7-5-17(6-8-18)9-11-24-12-14-28-15-13-24/h2,4-8,16,19H,1,3,9-15H2,(H,23,26)/t19-/m0/s1. The number of morpholine rings is 1. The third-order valence-corrected chi connectivity index (χ3v) is 6.45. The zero-order valence-corrected chi connectivity index (χ0v) is 17.3. The van der Waals surface area contributed by atoms with Crippen LogP contribution in [0, 0.1) is 0 Å². The number of ether oxygens (including phenoxy) is 1. The lowest BCUT2D eigenvalue weighted by atomic mass is 10.1. The van der Waals surface area contributed by atoms with Crippen LogP contribution in [0.25, 0.3) is 0 Å². The first-order valence-electron chi connectivity index (χ1n) is 10.2. The summed E-state index contributed by atoms with van der Waals surface area (Å²) in [5.41, 5.74) is 2.03. The predicted molar refractivity (Wildman–Crippen MR) is 114 cm³/mol. The largest absolute Gasteiger partial charge is 0.379 e. The number of nitrogens with one attached hydrogen (secondary N) is 1. The maximum atomic E-state index is 12.8. The smallest absolute Gasteiger partial charge is 0.264 e. The van der Waals surface area contributed by atoms with E-state index in [1.165, 1.54) is 16.9 Å². The van der Waals surface area contributed by atoms with Crippen LogP contribution in [0.15, 0.2) is 41.8 Å². The van der Waals surface area contributed by atoms with Crippen molar-refractivity contribution in [2.45, 2.75) is 25.3 Å². The Labute approximate surface area is 175 Å². The van der Waals surface area contributed by atoms with Crippen LogP contribution < -0.4 is 5.32 Å². The van der Waals surface area contributed by atoms with E-state index >= 15 is 0 Å². The van der Waals surface area contributed by atoms with Crippen molar-refractivity contribution in [3.8, 4) is 0 Å². The lowest BCUT2D eigenvalue weighted by Gasteiger charge is -2.26. The van der Waals surface area contributed by atoms with Crippen LogP contribution in [0.3, 0.4) is 0 Å². The molecule has 29 heavy (non-hydrogen) atoms. The average molecular weight is 414 g/mol. The molecule has 6 nitrogen and oxygen atoms in total. The molecule has 1 aromatic carbocycles. The number of anilines is 1. The van der Waals surface area contributed by atoms with E-state index in [2.05, 4.69) is 22.3 Å². The summed E-state index contributed by atoms with van der Waals surface area (Å²) in [5.74, 6) is -0.149. The van der Waals surface area contributed by atoms with Crippen molar-refractivity contribution in [2.75, 3.05) is 44.7 Å². The molecular formula is C22H27N3O3S. The number of hydrogen-bond donors (Lipinski definition) is 1. The van der Waals surface area contributed by atoms with Crippen molar-refractivity contribution < 1.29 is 14.3 Å². The Balaban J connectivity index is 1.31. The molecule has 0 saturated carbocycles. The molecule has 0 aliphatic carbocycles. The fraction of sp³-hybridized carbons (Fsp3) is 0.455. The summed E-state index contributed by atoms with van der Waals surface area (Å²) in [6, 6.07) is 11.3. The van der Waals surface area contributed by atoms with Crippen LogP contribution in [0.1, 0.15) is 28.1 Å². The zero-order chi connectivity index (χ0) is 20.1. The third kappa shape index (κ3) is 5.04. The van der Waals surface area contributed by atoms with E-state index in [-0.39, 0.29) is 11.8 Å². The average Bonchev–Trinajstić information content (AvgIpc) is 3.46. The molecule has 2 aliphatic heterocycles. The molecule has 1 atom stereocenters. The number of hydrogen-bond acceptors (Lipinski definition) is 5. The van der Waals surface area contributed by atoms with Gasteiger partial charge in [-0.05, 0) is 48.4 Å². The third-order valence-electron chi connectivity index (χ3n) is 5.59. The van der Waals surface area contributed by atoms with Crippen molar-refractivity contribution >= 4 is 28.8 Å². The molecule has 0 unspecified atom stereocenters. The Morgan fingerprint density at radius 2 is 1.90 bits per heavy atom. The summed E-state index contributed by atoms with van der Waals surface area (Å²) in [6.45, 7) is 5.29. The number of carbonyl (C=O) groups excluding carboxylic acids is 2. The van der Waals surface area contributed by atoms with Gasteiger partial charge in [-0.15, -0.1) is 11.3 Å². The van der Waals surface area contributed by atoms with Gasteiger partial charge in [0.25, 0.3) is 5.91 Å². The van der Waals surface area contributed by atoms with Crippen molar-refractivity contribution in [1.29, 1.82) is 0 Å². The number of carbonyl (C=O) groups is 2. The lowest BCUT2D eigenvalue weighted by Crippen LogP contribution is -2.42. The second kappa shape index (κ2) is 9.52. The SMILES string of the molecule is O=C(Nc1ccc(CCN2CCOCC2)cc1)[C@@H]1CCCN1C(=O)c1cccs1. The minimum absolute atomic E-state index is 0.0453. The fourth-order valence-corrected chi connectivity index (χ4v) is 4.60. The Morgan fingerprint density at radius 1 is 1.10 bits per heavy atom. The van der Waals surface area contributed by atoms with Crippen molar-refractivity contribution in [2.24, 2.45) is 0 Å². The second-order valence-corrected chi connectivity index (χ2v) is 8.47. The highest BCUT2D eigenvalue weighted by molar-refractivity contribution is 7.12. The summed E-state index contributed by atoms with van der Waals surface area (Å²) >= 11 is 1.42. The van der Waals surface area contributed by atoms with Crippen molar-refractivity contribution in [3.05, 3.63) is 52.2 Å². The van der Waals surface area contributed by atoms with Gasteiger partial charge in [0, 0.05) is 31.9 Å². The number of likely N-dealkylation sites (tertiary alicyclic amines) is 1. The van der Waals surface area contributed by atoms with E-state index < -0.39 is 6.04 Å².